The molecule has 11 nitrogen and oxygen atoms in total. The van der Waals surface area contributed by atoms with Crippen LogP contribution in [0.2, 0.25) is 0 Å². The van der Waals surface area contributed by atoms with E-state index in [2.05, 4.69) is 42.4 Å². The average molecular weight is 544 g/mol. The quantitative estimate of drug-likeness (QED) is 0.389. The number of benzene rings is 2. The minimum atomic E-state index is -0.381. The molecule has 7 rings (SSSR count). The van der Waals surface area contributed by atoms with Crippen LogP contribution in [-0.2, 0) is 0 Å². The fourth-order valence-corrected chi connectivity index (χ4v) is 6.31. The highest BCUT2D eigenvalue weighted by molar-refractivity contribution is 5.83. The fraction of sp³-hybridized carbons (Fsp3) is 0.448. The largest absolute Gasteiger partial charge is 0.497 e. The van der Waals surface area contributed by atoms with E-state index >= 15 is 0 Å². The Bertz CT molecular complexity index is 1550. The van der Waals surface area contributed by atoms with Gasteiger partial charge in [-0.1, -0.05) is 19.3 Å². The second-order valence-electron chi connectivity index (χ2n) is 10.7. The molecule has 0 amide bonds. The van der Waals surface area contributed by atoms with Crippen LogP contribution >= 0.6 is 0 Å². The normalized spacial score (nSPS) is 18.8. The van der Waals surface area contributed by atoms with Gasteiger partial charge in [0.2, 0.25) is 6.79 Å². The molecule has 2 aromatic heterocycles. The van der Waals surface area contributed by atoms with Crippen molar-refractivity contribution in [2.75, 3.05) is 45.0 Å². The van der Waals surface area contributed by atoms with E-state index in [1.54, 1.807) is 7.11 Å². The summed E-state index contributed by atoms with van der Waals surface area (Å²) in [5, 5.41) is 14.0. The Kier molecular flexibility index (Phi) is 6.51. The topological polar surface area (TPSA) is 111 Å². The van der Waals surface area contributed by atoms with Crippen LogP contribution in [0.3, 0.4) is 0 Å². The van der Waals surface area contributed by atoms with Crippen LogP contribution in [0, 0.1) is 0 Å². The maximum atomic E-state index is 13.7. The lowest BCUT2D eigenvalue weighted by molar-refractivity contribution is 0.174. The van der Waals surface area contributed by atoms with Crippen molar-refractivity contribution in [1.29, 1.82) is 0 Å². The molecule has 4 heterocycles. The number of anilines is 1. The third kappa shape index (κ3) is 4.53. The summed E-state index contributed by atoms with van der Waals surface area (Å²) in [7, 11) is 1.68. The van der Waals surface area contributed by atoms with Crippen molar-refractivity contribution in [1.82, 2.24) is 30.1 Å². The van der Waals surface area contributed by atoms with Gasteiger partial charge >= 0.3 is 0 Å². The number of aromatic nitrogens is 5. The first-order valence-electron chi connectivity index (χ1n) is 14.1. The summed E-state index contributed by atoms with van der Waals surface area (Å²) in [6.07, 6.45) is 5.67. The van der Waals surface area contributed by atoms with Gasteiger partial charge in [0, 0.05) is 48.9 Å². The van der Waals surface area contributed by atoms with Crippen LogP contribution in [0.1, 0.15) is 55.6 Å². The number of methoxy groups -OCH3 is 1. The average Bonchev–Trinajstić information content (AvgIpc) is 3.67. The van der Waals surface area contributed by atoms with E-state index in [4.69, 9.17) is 14.2 Å². The van der Waals surface area contributed by atoms with Gasteiger partial charge in [-0.15, -0.1) is 5.10 Å². The van der Waals surface area contributed by atoms with E-state index in [1.807, 2.05) is 35.0 Å². The smallest absolute Gasteiger partial charge is 0.253 e. The highest BCUT2D eigenvalue weighted by Crippen LogP contribution is 2.37. The Morgan fingerprint density at radius 3 is 2.48 bits per heavy atom. The van der Waals surface area contributed by atoms with Gasteiger partial charge in [-0.25, -0.2) is 4.68 Å². The lowest BCUT2D eigenvalue weighted by Gasteiger charge is -2.40. The number of tetrazole rings is 1. The molecule has 2 aliphatic heterocycles. The van der Waals surface area contributed by atoms with Gasteiger partial charge in [-0.05, 0) is 59.7 Å². The Labute approximate surface area is 231 Å². The summed E-state index contributed by atoms with van der Waals surface area (Å²) < 4.78 is 18.5. The molecule has 0 spiro atoms. The van der Waals surface area contributed by atoms with Crippen LogP contribution in [-0.4, -0.2) is 70.2 Å². The Balaban J connectivity index is 1.25. The van der Waals surface area contributed by atoms with Crippen molar-refractivity contribution in [3.8, 4) is 17.2 Å². The number of H-pyrrole nitrogens is 1. The van der Waals surface area contributed by atoms with E-state index in [0.717, 1.165) is 61.7 Å². The molecular formula is C29H33N7O4. The summed E-state index contributed by atoms with van der Waals surface area (Å²) in [5.74, 6) is 2.90. The van der Waals surface area contributed by atoms with E-state index in [0.29, 0.717) is 22.6 Å². The van der Waals surface area contributed by atoms with E-state index in [-0.39, 0.29) is 24.4 Å². The van der Waals surface area contributed by atoms with Crippen LogP contribution in [0.25, 0.3) is 10.9 Å². The summed E-state index contributed by atoms with van der Waals surface area (Å²) >= 11 is 0. The number of hydrogen-bond donors (Lipinski definition) is 1. The molecule has 0 radical (unpaired) electrons. The maximum absolute atomic E-state index is 13.7. The SMILES string of the molecule is COc1ccc(N2CCN(C(c3cc4cc5c(cc4[nH]c3=O)OCO5)c3nnnn3C3CCCCC3)CC2)cc1. The Hall–Kier alpha value is -4.12. The highest BCUT2D eigenvalue weighted by atomic mass is 16.7. The van der Waals surface area contributed by atoms with Crippen LogP contribution in [0.15, 0.2) is 47.3 Å². The molecule has 1 atom stereocenters. The summed E-state index contributed by atoms with van der Waals surface area (Å²) in [6.45, 7) is 3.33. The fourth-order valence-electron chi connectivity index (χ4n) is 6.31. The number of fused-ring (bicyclic) bond motifs is 2. The van der Waals surface area contributed by atoms with Crippen molar-refractivity contribution in [2.45, 2.75) is 44.2 Å². The number of pyridine rings is 1. The van der Waals surface area contributed by atoms with Gasteiger partial charge in [0.05, 0.1) is 18.7 Å². The molecule has 0 bridgehead atoms. The van der Waals surface area contributed by atoms with Crippen molar-refractivity contribution in [3.05, 3.63) is 64.2 Å². The second kappa shape index (κ2) is 10.5. The molecule has 1 N–H and O–H groups in total. The monoisotopic (exact) mass is 543 g/mol. The predicted octanol–water partition coefficient (Wildman–Crippen LogP) is 3.67. The molecular weight excluding hydrogens is 510 g/mol. The van der Waals surface area contributed by atoms with Crippen LogP contribution in [0.5, 0.6) is 17.2 Å². The number of hydrogen-bond acceptors (Lipinski definition) is 9. The predicted molar refractivity (Wildman–Crippen MR) is 149 cm³/mol. The third-order valence-electron chi connectivity index (χ3n) is 8.46. The highest BCUT2D eigenvalue weighted by Gasteiger charge is 2.34. The third-order valence-corrected chi connectivity index (χ3v) is 8.46. The molecule has 1 aliphatic carbocycles. The van der Waals surface area contributed by atoms with Gasteiger partial charge in [0.1, 0.15) is 11.8 Å². The second-order valence-corrected chi connectivity index (χ2v) is 10.7. The molecule has 1 unspecified atom stereocenters. The van der Waals surface area contributed by atoms with Crippen molar-refractivity contribution < 1.29 is 14.2 Å². The molecule has 2 aromatic carbocycles. The lowest BCUT2D eigenvalue weighted by Crippen LogP contribution is -2.49. The summed E-state index contributed by atoms with van der Waals surface area (Å²) in [5.41, 5.74) is 2.36. The van der Waals surface area contributed by atoms with E-state index < -0.39 is 0 Å². The molecule has 1 saturated carbocycles. The van der Waals surface area contributed by atoms with Gasteiger partial charge in [0.25, 0.3) is 5.56 Å². The van der Waals surface area contributed by atoms with Gasteiger partial charge in [0.15, 0.2) is 17.3 Å². The van der Waals surface area contributed by atoms with Crippen LogP contribution < -0.4 is 24.7 Å². The molecule has 2 fully saturated rings. The van der Waals surface area contributed by atoms with Gasteiger partial charge < -0.3 is 24.1 Å². The lowest BCUT2D eigenvalue weighted by atomic mass is 9.95. The minimum absolute atomic E-state index is 0.146. The zero-order valence-corrected chi connectivity index (χ0v) is 22.6. The zero-order chi connectivity index (χ0) is 27.1. The molecule has 4 aromatic rings. The zero-order valence-electron chi connectivity index (χ0n) is 22.6. The first kappa shape index (κ1) is 24.9. The summed E-state index contributed by atoms with van der Waals surface area (Å²) in [6, 6.07) is 13.8. The van der Waals surface area contributed by atoms with Gasteiger partial charge in [-0.3, -0.25) is 9.69 Å². The van der Waals surface area contributed by atoms with Crippen molar-refractivity contribution in [3.63, 3.8) is 0 Å². The van der Waals surface area contributed by atoms with Gasteiger partial charge in [-0.2, -0.15) is 0 Å². The molecule has 208 valence electrons. The standard InChI is InChI=1S/C29H33N7O4/c1-38-22-9-7-20(8-10-22)34-11-13-35(14-12-34)27(28-31-32-33-36(28)21-5-3-2-4-6-21)23-15-19-16-25-26(40-18-39-25)17-24(19)30-29(23)37/h7-10,15-17,21,27H,2-6,11-14,18H2,1H3,(H,30,37). The Morgan fingerprint density at radius 1 is 0.975 bits per heavy atom. The molecule has 11 heteroatoms. The maximum Gasteiger partial charge on any atom is 0.253 e. The molecule has 40 heavy (non-hydrogen) atoms. The Morgan fingerprint density at radius 2 is 1.73 bits per heavy atom. The number of nitrogens with zero attached hydrogens (tertiary/aromatic N) is 6. The van der Waals surface area contributed by atoms with E-state index in [1.165, 1.54) is 19.3 Å². The number of rotatable bonds is 6. The number of piperazine rings is 1. The van der Waals surface area contributed by atoms with Crippen molar-refractivity contribution in [2.24, 2.45) is 0 Å². The summed E-state index contributed by atoms with van der Waals surface area (Å²) in [4.78, 5) is 21.5. The first-order valence-corrected chi connectivity index (χ1v) is 14.1. The molecule has 1 saturated heterocycles. The first-order chi connectivity index (χ1) is 19.7. The molecule has 3 aliphatic rings. The van der Waals surface area contributed by atoms with Crippen LogP contribution in [0.4, 0.5) is 5.69 Å². The van der Waals surface area contributed by atoms with E-state index in [9.17, 15) is 4.79 Å². The minimum Gasteiger partial charge on any atom is -0.497 e. The number of ether oxygens (including phenoxy) is 3. The van der Waals surface area contributed by atoms with Crippen molar-refractivity contribution >= 4 is 16.6 Å². The number of aromatic amines is 1. The number of nitrogens with one attached hydrogen (secondary N) is 1.